The van der Waals surface area contributed by atoms with Crippen LogP contribution < -0.4 is 14.2 Å². The van der Waals surface area contributed by atoms with E-state index < -0.39 is 5.82 Å². The van der Waals surface area contributed by atoms with E-state index in [0.29, 0.717) is 23.5 Å². The molecule has 0 radical (unpaired) electrons. The second-order valence-electron chi connectivity index (χ2n) is 3.93. The third kappa shape index (κ3) is 2.88. The molecule has 0 saturated heterocycles. The molecule has 0 heterocycles. The summed E-state index contributed by atoms with van der Waals surface area (Å²) < 4.78 is 29.3. The fourth-order valence-corrected chi connectivity index (χ4v) is 1.75. The molecule has 0 spiro atoms. The molecular weight excluding hydrogens is 263 g/mol. The fourth-order valence-electron chi connectivity index (χ4n) is 1.75. The van der Waals surface area contributed by atoms with Crippen molar-refractivity contribution in [2.45, 2.75) is 0 Å². The van der Waals surface area contributed by atoms with Gasteiger partial charge in [-0.1, -0.05) is 6.07 Å². The monoisotopic (exact) mass is 276 g/mol. The van der Waals surface area contributed by atoms with E-state index in [0.717, 1.165) is 6.07 Å². The highest BCUT2D eigenvalue weighted by Gasteiger charge is 2.13. The molecule has 0 unspecified atom stereocenters. The van der Waals surface area contributed by atoms with Gasteiger partial charge in [-0.2, -0.15) is 0 Å². The minimum absolute atomic E-state index is 0.189. The fraction of sp³-hybridized carbons (Fsp3) is 0.133. The second kappa shape index (κ2) is 6.06. The summed E-state index contributed by atoms with van der Waals surface area (Å²) in [5.41, 5.74) is 0.189. The number of para-hydroxylation sites is 1. The maximum atomic E-state index is 13.4. The molecule has 0 aliphatic carbocycles. The lowest BCUT2D eigenvalue weighted by molar-refractivity contribution is 0.112. The average Bonchev–Trinajstić information content (AvgIpc) is 2.46. The van der Waals surface area contributed by atoms with Gasteiger partial charge in [-0.05, 0) is 24.3 Å². The molecule has 0 aromatic heterocycles. The van der Waals surface area contributed by atoms with Crippen LogP contribution in [0.5, 0.6) is 23.0 Å². The van der Waals surface area contributed by atoms with E-state index in [1.54, 1.807) is 18.2 Å². The molecule has 0 N–H and O–H groups in total. The summed E-state index contributed by atoms with van der Waals surface area (Å²) in [7, 11) is 2.98. The Bertz CT molecular complexity index is 603. The predicted octanol–water partition coefficient (Wildman–Crippen LogP) is 3.45. The Morgan fingerprint density at radius 2 is 1.70 bits per heavy atom. The highest BCUT2D eigenvalue weighted by atomic mass is 19.1. The van der Waals surface area contributed by atoms with Gasteiger partial charge >= 0.3 is 0 Å². The topological polar surface area (TPSA) is 44.8 Å². The maximum Gasteiger partial charge on any atom is 0.210 e. The number of carbonyl (C=O) groups excluding carboxylic acids is 1. The molecule has 4 nitrogen and oxygen atoms in total. The lowest BCUT2D eigenvalue weighted by Crippen LogP contribution is -1.95. The van der Waals surface area contributed by atoms with Crippen molar-refractivity contribution in [1.29, 1.82) is 0 Å². The van der Waals surface area contributed by atoms with Gasteiger partial charge in [0.25, 0.3) is 0 Å². The summed E-state index contributed by atoms with van der Waals surface area (Å²) in [6, 6.07) is 8.86. The quantitative estimate of drug-likeness (QED) is 0.785. The maximum absolute atomic E-state index is 13.4. The van der Waals surface area contributed by atoms with Crippen LogP contribution in [0, 0.1) is 5.82 Å². The first-order chi connectivity index (χ1) is 9.67. The lowest BCUT2D eigenvalue weighted by atomic mass is 10.2. The molecule has 0 aliphatic rings. The Balaban J connectivity index is 2.43. The van der Waals surface area contributed by atoms with Gasteiger partial charge in [0.15, 0.2) is 11.5 Å². The van der Waals surface area contributed by atoms with E-state index in [9.17, 15) is 9.18 Å². The van der Waals surface area contributed by atoms with Crippen molar-refractivity contribution in [3.05, 3.63) is 47.8 Å². The standard InChI is InChI=1S/C15H13FO4/c1-18-13-4-3-5-14(19-2)15(13)20-12-7-10(9-17)6-11(16)8-12/h3-9H,1-2H3. The number of hydrogen-bond acceptors (Lipinski definition) is 4. The molecule has 2 rings (SSSR count). The van der Waals surface area contributed by atoms with Crippen LogP contribution in [0.3, 0.4) is 0 Å². The minimum atomic E-state index is -0.557. The molecule has 0 fully saturated rings. The Morgan fingerprint density at radius 1 is 1.05 bits per heavy atom. The number of ether oxygens (including phenoxy) is 3. The smallest absolute Gasteiger partial charge is 0.210 e. The largest absolute Gasteiger partial charge is 0.493 e. The third-order valence-corrected chi connectivity index (χ3v) is 2.63. The number of benzene rings is 2. The van der Waals surface area contributed by atoms with E-state index in [-0.39, 0.29) is 11.3 Å². The van der Waals surface area contributed by atoms with Gasteiger partial charge < -0.3 is 14.2 Å². The first-order valence-electron chi connectivity index (χ1n) is 5.82. The third-order valence-electron chi connectivity index (χ3n) is 2.63. The Morgan fingerprint density at radius 3 is 2.25 bits per heavy atom. The van der Waals surface area contributed by atoms with E-state index in [4.69, 9.17) is 14.2 Å². The van der Waals surface area contributed by atoms with Gasteiger partial charge in [0.1, 0.15) is 17.9 Å². The van der Waals surface area contributed by atoms with Gasteiger partial charge in [-0.15, -0.1) is 0 Å². The molecule has 2 aromatic rings. The predicted molar refractivity (Wildman–Crippen MR) is 71.4 cm³/mol. The van der Waals surface area contributed by atoms with Gasteiger partial charge in [0.05, 0.1) is 14.2 Å². The first kappa shape index (κ1) is 13.9. The Labute approximate surface area is 115 Å². The van der Waals surface area contributed by atoms with Crippen LogP contribution in [-0.4, -0.2) is 20.5 Å². The van der Waals surface area contributed by atoms with Crippen LogP contribution in [0.25, 0.3) is 0 Å². The van der Waals surface area contributed by atoms with Crippen LogP contribution in [0.15, 0.2) is 36.4 Å². The summed E-state index contributed by atoms with van der Waals surface area (Å²) >= 11 is 0. The highest BCUT2D eigenvalue weighted by Crippen LogP contribution is 2.40. The van der Waals surface area contributed by atoms with Crippen molar-refractivity contribution < 1.29 is 23.4 Å². The molecule has 0 aliphatic heterocycles. The molecule has 104 valence electrons. The van der Waals surface area contributed by atoms with E-state index in [2.05, 4.69) is 0 Å². The van der Waals surface area contributed by atoms with Crippen LogP contribution >= 0.6 is 0 Å². The average molecular weight is 276 g/mol. The number of aldehydes is 1. The molecule has 20 heavy (non-hydrogen) atoms. The van der Waals surface area contributed by atoms with E-state index in [1.165, 1.54) is 26.4 Å². The van der Waals surface area contributed by atoms with Gasteiger partial charge in [0, 0.05) is 11.6 Å². The summed E-state index contributed by atoms with van der Waals surface area (Å²) in [6.45, 7) is 0. The Hall–Kier alpha value is -2.56. The minimum Gasteiger partial charge on any atom is -0.493 e. The summed E-state index contributed by atoms with van der Waals surface area (Å²) in [5.74, 6) is 0.843. The number of hydrogen-bond donors (Lipinski definition) is 0. The molecular formula is C15H13FO4. The van der Waals surface area contributed by atoms with Crippen molar-refractivity contribution >= 4 is 6.29 Å². The zero-order valence-electron chi connectivity index (χ0n) is 11.1. The van der Waals surface area contributed by atoms with Crippen LogP contribution in [0.2, 0.25) is 0 Å². The zero-order valence-corrected chi connectivity index (χ0v) is 11.1. The van der Waals surface area contributed by atoms with E-state index in [1.807, 2.05) is 0 Å². The van der Waals surface area contributed by atoms with Crippen molar-refractivity contribution in [1.82, 2.24) is 0 Å². The van der Waals surface area contributed by atoms with Crippen molar-refractivity contribution in [3.8, 4) is 23.0 Å². The van der Waals surface area contributed by atoms with Crippen molar-refractivity contribution in [3.63, 3.8) is 0 Å². The molecule has 2 aromatic carbocycles. The molecule has 0 saturated carbocycles. The van der Waals surface area contributed by atoms with Gasteiger partial charge in [0.2, 0.25) is 5.75 Å². The van der Waals surface area contributed by atoms with Crippen LogP contribution in [0.4, 0.5) is 4.39 Å². The van der Waals surface area contributed by atoms with Gasteiger partial charge in [-0.3, -0.25) is 4.79 Å². The second-order valence-corrected chi connectivity index (χ2v) is 3.93. The molecule has 0 amide bonds. The van der Waals surface area contributed by atoms with Crippen LogP contribution in [0.1, 0.15) is 10.4 Å². The number of rotatable bonds is 5. The summed E-state index contributed by atoms with van der Waals surface area (Å²) in [5, 5.41) is 0. The summed E-state index contributed by atoms with van der Waals surface area (Å²) in [6.07, 6.45) is 0.551. The lowest BCUT2D eigenvalue weighted by Gasteiger charge is -2.14. The van der Waals surface area contributed by atoms with Gasteiger partial charge in [-0.25, -0.2) is 4.39 Å². The molecule has 5 heteroatoms. The first-order valence-corrected chi connectivity index (χ1v) is 5.82. The highest BCUT2D eigenvalue weighted by molar-refractivity contribution is 5.75. The normalized spacial score (nSPS) is 9.95. The molecule has 0 bridgehead atoms. The number of carbonyl (C=O) groups is 1. The van der Waals surface area contributed by atoms with E-state index >= 15 is 0 Å². The van der Waals surface area contributed by atoms with Crippen molar-refractivity contribution in [2.24, 2.45) is 0 Å². The molecule has 0 atom stereocenters. The number of halogens is 1. The zero-order chi connectivity index (χ0) is 14.5. The van der Waals surface area contributed by atoms with Crippen LogP contribution in [-0.2, 0) is 0 Å². The van der Waals surface area contributed by atoms with Crippen molar-refractivity contribution in [2.75, 3.05) is 14.2 Å². The number of methoxy groups -OCH3 is 2. The SMILES string of the molecule is COc1cccc(OC)c1Oc1cc(F)cc(C=O)c1. The summed E-state index contributed by atoms with van der Waals surface area (Å²) in [4.78, 5) is 10.7. The Kier molecular flexibility index (Phi) is 4.20.